The molecule has 192 valence electrons. The zero-order valence-electron chi connectivity index (χ0n) is 20.9. The summed E-state index contributed by atoms with van der Waals surface area (Å²) in [5, 5.41) is 18.9. The zero-order valence-corrected chi connectivity index (χ0v) is 20.9. The molecule has 0 radical (unpaired) electrons. The molecule has 0 saturated heterocycles. The van der Waals surface area contributed by atoms with Gasteiger partial charge in [0.1, 0.15) is 33.7 Å². The Morgan fingerprint density at radius 1 is 0.605 bits per heavy atom. The number of rotatable bonds is 4. The molecular formula is C28H22N2O8. The van der Waals surface area contributed by atoms with E-state index in [9.17, 15) is 29.4 Å². The number of hydrogen-bond acceptors (Lipinski definition) is 8. The van der Waals surface area contributed by atoms with Crippen LogP contribution in [0.15, 0.2) is 67.7 Å². The Morgan fingerprint density at radius 2 is 0.921 bits per heavy atom. The van der Waals surface area contributed by atoms with E-state index in [0.29, 0.717) is 11.5 Å². The van der Waals surface area contributed by atoms with Gasteiger partial charge in [-0.05, 0) is 62.4 Å². The van der Waals surface area contributed by atoms with Crippen molar-refractivity contribution in [2.75, 3.05) is 14.2 Å². The van der Waals surface area contributed by atoms with Crippen LogP contribution in [-0.4, -0.2) is 33.6 Å². The minimum absolute atomic E-state index is 0.243. The van der Waals surface area contributed by atoms with Gasteiger partial charge < -0.3 is 19.7 Å². The average molecular weight is 514 g/mol. The van der Waals surface area contributed by atoms with Crippen molar-refractivity contribution in [3.63, 3.8) is 0 Å². The Morgan fingerprint density at radius 3 is 1.18 bits per heavy atom. The molecule has 2 aliphatic heterocycles. The number of benzene rings is 2. The summed E-state index contributed by atoms with van der Waals surface area (Å²) in [6, 6.07) is 12.4. The van der Waals surface area contributed by atoms with Crippen LogP contribution in [0.1, 0.15) is 13.8 Å². The first kappa shape index (κ1) is 24.6. The first-order valence-electron chi connectivity index (χ1n) is 11.5. The topological polar surface area (TPSA) is 137 Å². The van der Waals surface area contributed by atoms with Gasteiger partial charge in [0.2, 0.25) is 10.9 Å². The molecule has 10 heteroatoms. The summed E-state index contributed by atoms with van der Waals surface area (Å²) < 4.78 is 12.4. The van der Waals surface area contributed by atoms with Gasteiger partial charge in [-0.25, -0.2) is 0 Å². The van der Waals surface area contributed by atoms with Crippen molar-refractivity contribution in [2.45, 2.75) is 13.8 Å². The number of ether oxygens (including phenoxy) is 2. The Kier molecular flexibility index (Phi) is 5.67. The van der Waals surface area contributed by atoms with Gasteiger partial charge in [-0.1, -0.05) is 0 Å². The van der Waals surface area contributed by atoms with Crippen LogP contribution in [0.4, 0.5) is 0 Å². The smallest absolute Gasteiger partial charge is 0.267 e. The lowest BCUT2D eigenvalue weighted by Gasteiger charge is -2.05. The predicted octanol–water partition coefficient (Wildman–Crippen LogP) is 0.423. The van der Waals surface area contributed by atoms with Gasteiger partial charge in [-0.2, -0.15) is 0 Å². The summed E-state index contributed by atoms with van der Waals surface area (Å²) in [7, 11) is 2.95. The fraction of sp³-hybridized carbons (Fsp3) is 0.143. The highest BCUT2D eigenvalue weighted by Crippen LogP contribution is 2.15. The van der Waals surface area contributed by atoms with E-state index in [0.717, 1.165) is 9.13 Å². The summed E-state index contributed by atoms with van der Waals surface area (Å²) in [5.41, 5.74) is -2.71. The van der Waals surface area contributed by atoms with E-state index in [4.69, 9.17) is 9.47 Å². The van der Waals surface area contributed by atoms with E-state index >= 15 is 0 Å². The van der Waals surface area contributed by atoms with Crippen molar-refractivity contribution in [1.82, 2.24) is 9.13 Å². The van der Waals surface area contributed by atoms with Gasteiger partial charge in [0.25, 0.3) is 11.1 Å². The van der Waals surface area contributed by atoms with Crippen molar-refractivity contribution in [2.24, 2.45) is 0 Å². The minimum atomic E-state index is -0.817. The van der Waals surface area contributed by atoms with Crippen LogP contribution in [0.25, 0.3) is 22.9 Å². The van der Waals surface area contributed by atoms with E-state index in [2.05, 4.69) is 0 Å². The van der Waals surface area contributed by atoms with E-state index in [1.54, 1.807) is 24.3 Å². The number of hydrogen-bond donors (Lipinski definition) is 2. The van der Waals surface area contributed by atoms with E-state index in [1.807, 2.05) is 0 Å². The Labute approximate surface area is 212 Å². The number of methoxy groups -OCH3 is 2. The van der Waals surface area contributed by atoms with Crippen LogP contribution >= 0.6 is 0 Å². The molecule has 0 aromatic heterocycles. The highest BCUT2D eigenvalue weighted by atomic mass is 16.5. The second-order valence-corrected chi connectivity index (χ2v) is 8.70. The molecule has 0 bridgehead atoms. The van der Waals surface area contributed by atoms with Gasteiger partial charge in [-0.15, -0.1) is 0 Å². The normalized spacial score (nSPS) is 13.2. The van der Waals surface area contributed by atoms with Crippen LogP contribution in [0.3, 0.4) is 0 Å². The molecule has 38 heavy (non-hydrogen) atoms. The maximum atomic E-state index is 14.1. The maximum Gasteiger partial charge on any atom is 0.267 e. The van der Waals surface area contributed by atoms with Gasteiger partial charge >= 0.3 is 0 Å². The lowest BCUT2D eigenvalue weighted by Crippen LogP contribution is -2.33. The minimum Gasteiger partial charge on any atom is -0.512 e. The number of nitrogens with zero attached hydrogens (tertiary/aromatic N) is 2. The molecule has 2 N–H and O–H groups in total. The SMILES string of the molecule is COc1ccc(-n2c3c(=O)c4/c(=C(/C)O)c(=O)n(-c5ccc(OC)cc5)c=4c(=O)c=3/c(=C(\C)O)c2=O)cc1. The van der Waals surface area contributed by atoms with Gasteiger partial charge in [0.15, 0.2) is 0 Å². The van der Waals surface area contributed by atoms with Gasteiger partial charge in [0.05, 0.1) is 35.1 Å². The summed E-state index contributed by atoms with van der Waals surface area (Å²) in [6.07, 6.45) is 0. The zero-order chi connectivity index (χ0) is 27.5. The molecule has 0 fully saturated rings. The fourth-order valence-electron chi connectivity index (χ4n) is 4.84. The summed E-state index contributed by atoms with van der Waals surface area (Å²) in [4.78, 5) is 55.2. The molecule has 1 aliphatic carbocycles. The third kappa shape index (κ3) is 3.34. The van der Waals surface area contributed by atoms with Crippen molar-refractivity contribution in [1.29, 1.82) is 0 Å². The predicted molar refractivity (Wildman–Crippen MR) is 139 cm³/mol. The van der Waals surface area contributed by atoms with Crippen molar-refractivity contribution in [3.05, 3.63) is 121 Å². The number of aliphatic hydroxyl groups is 2. The lowest BCUT2D eigenvalue weighted by molar-refractivity contribution is 0.414. The molecule has 2 aromatic carbocycles. The van der Waals surface area contributed by atoms with Crippen LogP contribution in [0.5, 0.6) is 11.5 Å². The Bertz CT molecular complexity index is 2030. The largest absolute Gasteiger partial charge is 0.512 e. The van der Waals surface area contributed by atoms with Crippen molar-refractivity contribution < 1.29 is 19.7 Å². The monoisotopic (exact) mass is 514 g/mol. The number of aromatic nitrogens is 2. The Balaban J connectivity index is 2.13. The molecule has 3 aliphatic rings. The first-order valence-corrected chi connectivity index (χ1v) is 11.5. The molecule has 0 saturated carbocycles. The standard InChI is InChI=1S/C28H22N2O8/c1-13(31)19-21-23(29(27(19)35)15-5-9-17(37-3)10-6-15)26(34)22-20(14(2)32)28(36)30(24(22)25(21)33)16-7-11-18(38-4)12-8-16/h5-12,31-32H,1-4H3/b19-13-,20-14+. The molecule has 0 amide bonds. The van der Waals surface area contributed by atoms with Crippen molar-refractivity contribution in [3.8, 4) is 22.9 Å². The molecule has 2 heterocycles. The molecule has 0 unspecified atom stereocenters. The highest BCUT2D eigenvalue weighted by Gasteiger charge is 2.23. The highest BCUT2D eigenvalue weighted by molar-refractivity contribution is 5.45. The maximum absolute atomic E-state index is 14.1. The summed E-state index contributed by atoms with van der Waals surface area (Å²) in [6.45, 7) is 2.47. The van der Waals surface area contributed by atoms with Crippen LogP contribution in [0.2, 0.25) is 0 Å². The number of aliphatic hydroxyl groups excluding tert-OH is 2. The molecule has 0 spiro atoms. The first-order chi connectivity index (χ1) is 18.1. The van der Waals surface area contributed by atoms with Crippen LogP contribution in [0, 0.1) is 21.1 Å². The van der Waals surface area contributed by atoms with Gasteiger partial charge in [-0.3, -0.25) is 28.3 Å². The molecule has 10 nitrogen and oxygen atoms in total. The second-order valence-electron chi connectivity index (χ2n) is 8.70. The molecule has 5 rings (SSSR count). The van der Waals surface area contributed by atoms with Crippen molar-refractivity contribution >= 4 is 11.5 Å². The fourth-order valence-corrected chi connectivity index (χ4v) is 4.84. The summed E-state index contributed by atoms with van der Waals surface area (Å²) in [5.74, 6) is 0.0751. The molecule has 2 aromatic rings. The lowest BCUT2D eigenvalue weighted by atomic mass is 10.2. The van der Waals surface area contributed by atoms with E-state index < -0.39 is 33.5 Å². The van der Waals surface area contributed by atoms with Crippen LogP contribution < -0.4 is 41.9 Å². The van der Waals surface area contributed by atoms with E-state index in [-0.39, 0.29) is 42.9 Å². The third-order valence-corrected chi connectivity index (χ3v) is 6.52. The molecule has 0 atom stereocenters. The second kappa shape index (κ2) is 8.77. The average Bonchev–Trinajstić information content (AvgIpc) is 3.39. The van der Waals surface area contributed by atoms with Gasteiger partial charge in [0, 0.05) is 11.4 Å². The van der Waals surface area contributed by atoms with Crippen LogP contribution in [-0.2, 0) is 0 Å². The van der Waals surface area contributed by atoms with E-state index in [1.165, 1.54) is 52.3 Å². The quantitative estimate of drug-likeness (QED) is 0.352. The third-order valence-electron chi connectivity index (χ3n) is 6.52. The Hall–Kier alpha value is -5.12. The molecular weight excluding hydrogens is 492 g/mol. The summed E-state index contributed by atoms with van der Waals surface area (Å²) >= 11 is 0.